The van der Waals surface area contributed by atoms with E-state index in [-0.39, 0.29) is 12.1 Å². The predicted molar refractivity (Wildman–Crippen MR) is 86.1 cm³/mol. The Morgan fingerprint density at radius 3 is 2.55 bits per heavy atom. The van der Waals surface area contributed by atoms with Gasteiger partial charge in [0.25, 0.3) is 0 Å². The zero-order chi connectivity index (χ0) is 15.0. The molecule has 1 atom stereocenters. The van der Waals surface area contributed by atoms with E-state index >= 15 is 0 Å². The minimum absolute atomic E-state index is 0.128. The maximum atomic E-state index is 9.59. The standard InChI is InChI=1S/C16H35N3O/c1-5-9-17-16(2,14-20)8-12-19(4)13-15-6-10-18(3)11-7-15/h15,17,20H,5-14H2,1-4H3. The van der Waals surface area contributed by atoms with Crippen LogP contribution in [0.25, 0.3) is 0 Å². The molecule has 0 radical (unpaired) electrons. The van der Waals surface area contributed by atoms with E-state index in [4.69, 9.17) is 0 Å². The first-order valence-corrected chi connectivity index (χ1v) is 8.22. The maximum absolute atomic E-state index is 9.59. The summed E-state index contributed by atoms with van der Waals surface area (Å²) in [5.41, 5.74) is -0.128. The van der Waals surface area contributed by atoms with E-state index in [1.54, 1.807) is 0 Å². The summed E-state index contributed by atoms with van der Waals surface area (Å²) in [6, 6.07) is 0. The smallest absolute Gasteiger partial charge is 0.0611 e. The van der Waals surface area contributed by atoms with Crippen molar-refractivity contribution in [3.05, 3.63) is 0 Å². The molecule has 0 bridgehead atoms. The number of nitrogens with one attached hydrogen (secondary N) is 1. The van der Waals surface area contributed by atoms with Crippen molar-refractivity contribution in [2.75, 3.05) is 53.4 Å². The SMILES string of the molecule is CCCNC(C)(CO)CCN(C)CC1CCN(C)CC1. The maximum Gasteiger partial charge on any atom is 0.0611 e. The number of rotatable bonds is 9. The van der Waals surface area contributed by atoms with Crippen LogP contribution >= 0.6 is 0 Å². The molecule has 120 valence electrons. The van der Waals surface area contributed by atoms with Gasteiger partial charge in [0.1, 0.15) is 0 Å². The summed E-state index contributed by atoms with van der Waals surface area (Å²) in [7, 11) is 4.43. The van der Waals surface area contributed by atoms with Gasteiger partial charge in [-0.2, -0.15) is 0 Å². The first kappa shape index (κ1) is 17.9. The second kappa shape index (κ2) is 8.98. The highest BCUT2D eigenvalue weighted by Crippen LogP contribution is 2.17. The van der Waals surface area contributed by atoms with Crippen molar-refractivity contribution in [1.82, 2.24) is 15.1 Å². The minimum atomic E-state index is -0.128. The highest BCUT2D eigenvalue weighted by Gasteiger charge is 2.23. The van der Waals surface area contributed by atoms with E-state index in [2.05, 4.69) is 43.1 Å². The lowest BCUT2D eigenvalue weighted by molar-refractivity contribution is 0.137. The van der Waals surface area contributed by atoms with Gasteiger partial charge >= 0.3 is 0 Å². The molecule has 1 unspecified atom stereocenters. The largest absolute Gasteiger partial charge is 0.394 e. The Labute approximate surface area is 125 Å². The van der Waals surface area contributed by atoms with E-state index < -0.39 is 0 Å². The van der Waals surface area contributed by atoms with Crippen LogP contribution in [0, 0.1) is 5.92 Å². The number of piperidine rings is 1. The molecule has 1 aliphatic heterocycles. The molecule has 2 N–H and O–H groups in total. The Hall–Kier alpha value is -0.160. The molecular formula is C16H35N3O. The van der Waals surface area contributed by atoms with Crippen molar-refractivity contribution in [3.8, 4) is 0 Å². The molecule has 20 heavy (non-hydrogen) atoms. The molecular weight excluding hydrogens is 250 g/mol. The molecule has 1 rings (SSSR count). The van der Waals surface area contributed by atoms with Crippen molar-refractivity contribution >= 4 is 0 Å². The fraction of sp³-hybridized carbons (Fsp3) is 1.00. The Kier molecular flexibility index (Phi) is 8.03. The van der Waals surface area contributed by atoms with Crippen molar-refractivity contribution in [2.24, 2.45) is 5.92 Å². The number of nitrogens with zero attached hydrogens (tertiary/aromatic N) is 2. The Morgan fingerprint density at radius 2 is 2.00 bits per heavy atom. The average Bonchev–Trinajstić information content (AvgIpc) is 2.45. The minimum Gasteiger partial charge on any atom is -0.394 e. The van der Waals surface area contributed by atoms with Gasteiger partial charge in [-0.3, -0.25) is 0 Å². The van der Waals surface area contributed by atoms with E-state index in [1.807, 2.05) is 0 Å². The molecule has 1 heterocycles. The molecule has 1 saturated heterocycles. The number of hydrogen-bond acceptors (Lipinski definition) is 4. The first-order valence-electron chi connectivity index (χ1n) is 8.22. The predicted octanol–water partition coefficient (Wildman–Crippen LogP) is 1.40. The monoisotopic (exact) mass is 285 g/mol. The summed E-state index contributed by atoms with van der Waals surface area (Å²) in [4.78, 5) is 4.87. The third-order valence-corrected chi connectivity index (χ3v) is 4.60. The number of likely N-dealkylation sites (tertiary alicyclic amines) is 1. The Morgan fingerprint density at radius 1 is 1.35 bits per heavy atom. The lowest BCUT2D eigenvalue weighted by Gasteiger charge is -2.34. The van der Waals surface area contributed by atoms with E-state index in [9.17, 15) is 5.11 Å². The van der Waals surface area contributed by atoms with Crippen molar-refractivity contribution in [2.45, 2.75) is 45.1 Å². The third kappa shape index (κ3) is 6.53. The zero-order valence-electron chi connectivity index (χ0n) is 14.0. The van der Waals surface area contributed by atoms with E-state index in [1.165, 1.54) is 32.5 Å². The van der Waals surface area contributed by atoms with Crippen LogP contribution in [0.5, 0.6) is 0 Å². The van der Waals surface area contributed by atoms with Gasteiger partial charge < -0.3 is 20.2 Å². The average molecular weight is 285 g/mol. The van der Waals surface area contributed by atoms with Gasteiger partial charge in [0.15, 0.2) is 0 Å². The summed E-state index contributed by atoms with van der Waals surface area (Å²) in [6.45, 7) is 10.2. The molecule has 0 aromatic heterocycles. The molecule has 0 amide bonds. The van der Waals surface area contributed by atoms with Crippen LogP contribution in [0.15, 0.2) is 0 Å². The summed E-state index contributed by atoms with van der Waals surface area (Å²) in [5.74, 6) is 0.847. The van der Waals surface area contributed by atoms with Gasteiger partial charge in [-0.15, -0.1) is 0 Å². The second-order valence-electron chi connectivity index (χ2n) is 6.90. The third-order valence-electron chi connectivity index (χ3n) is 4.60. The zero-order valence-corrected chi connectivity index (χ0v) is 14.0. The molecule has 1 fully saturated rings. The summed E-state index contributed by atoms with van der Waals surface area (Å²) < 4.78 is 0. The Bertz CT molecular complexity index is 254. The topological polar surface area (TPSA) is 38.7 Å². The molecule has 0 aliphatic carbocycles. The van der Waals surface area contributed by atoms with Crippen LogP contribution in [-0.2, 0) is 0 Å². The molecule has 0 saturated carbocycles. The molecule has 0 aromatic rings. The number of aliphatic hydroxyl groups is 1. The van der Waals surface area contributed by atoms with Crippen molar-refractivity contribution in [1.29, 1.82) is 0 Å². The first-order chi connectivity index (χ1) is 9.49. The lowest BCUT2D eigenvalue weighted by atomic mass is 9.95. The van der Waals surface area contributed by atoms with E-state index in [0.717, 1.165) is 31.8 Å². The van der Waals surface area contributed by atoms with Gasteiger partial charge in [0.2, 0.25) is 0 Å². The lowest BCUT2D eigenvalue weighted by Crippen LogP contribution is -2.48. The summed E-state index contributed by atoms with van der Waals surface area (Å²) in [5, 5.41) is 13.1. The quantitative estimate of drug-likeness (QED) is 0.672. The highest BCUT2D eigenvalue weighted by atomic mass is 16.3. The van der Waals surface area contributed by atoms with Crippen LogP contribution in [0.2, 0.25) is 0 Å². The van der Waals surface area contributed by atoms with Crippen LogP contribution in [0.3, 0.4) is 0 Å². The molecule has 1 aliphatic rings. The molecule has 0 spiro atoms. The summed E-state index contributed by atoms with van der Waals surface area (Å²) in [6.07, 6.45) is 4.77. The van der Waals surface area contributed by atoms with Crippen molar-refractivity contribution < 1.29 is 5.11 Å². The Balaban J connectivity index is 2.25. The van der Waals surface area contributed by atoms with Gasteiger partial charge in [-0.25, -0.2) is 0 Å². The number of hydrogen-bond donors (Lipinski definition) is 2. The fourth-order valence-corrected chi connectivity index (χ4v) is 2.86. The van der Waals surface area contributed by atoms with Gasteiger partial charge in [-0.05, 0) is 78.8 Å². The van der Waals surface area contributed by atoms with Gasteiger partial charge in [0.05, 0.1) is 6.61 Å². The molecule has 4 heteroatoms. The molecule has 0 aromatic carbocycles. The normalized spacial score (nSPS) is 21.3. The summed E-state index contributed by atoms with van der Waals surface area (Å²) >= 11 is 0. The van der Waals surface area contributed by atoms with Crippen molar-refractivity contribution in [3.63, 3.8) is 0 Å². The van der Waals surface area contributed by atoms with Crippen LogP contribution < -0.4 is 5.32 Å². The van der Waals surface area contributed by atoms with Crippen LogP contribution in [0.1, 0.15) is 39.5 Å². The molecule has 4 nitrogen and oxygen atoms in total. The fourth-order valence-electron chi connectivity index (χ4n) is 2.86. The van der Waals surface area contributed by atoms with Gasteiger partial charge in [-0.1, -0.05) is 6.92 Å². The van der Waals surface area contributed by atoms with Gasteiger partial charge in [0, 0.05) is 12.1 Å². The van der Waals surface area contributed by atoms with Crippen LogP contribution in [0.4, 0.5) is 0 Å². The highest BCUT2D eigenvalue weighted by molar-refractivity contribution is 4.83. The van der Waals surface area contributed by atoms with Crippen LogP contribution in [-0.4, -0.2) is 73.9 Å². The van der Waals surface area contributed by atoms with E-state index in [0.29, 0.717) is 0 Å². The number of aliphatic hydroxyl groups excluding tert-OH is 1. The second-order valence-corrected chi connectivity index (χ2v) is 6.90.